The van der Waals surface area contributed by atoms with Crippen molar-refractivity contribution in [3.8, 4) is 0 Å². The quantitative estimate of drug-likeness (QED) is 0.818. The molecule has 1 aliphatic carbocycles. The van der Waals surface area contributed by atoms with Crippen molar-refractivity contribution in [2.24, 2.45) is 5.73 Å². The van der Waals surface area contributed by atoms with Crippen LogP contribution in [0, 0.1) is 0 Å². The van der Waals surface area contributed by atoms with Crippen LogP contribution in [0.3, 0.4) is 0 Å². The second-order valence-corrected chi connectivity index (χ2v) is 5.70. The summed E-state index contributed by atoms with van der Waals surface area (Å²) < 4.78 is 0. The normalized spacial score (nSPS) is 26.7. The molecule has 1 fully saturated rings. The Hall–Kier alpha value is 0.0700. The first kappa shape index (κ1) is 16.1. The fourth-order valence-electron chi connectivity index (χ4n) is 1.99. The number of nitrogens with two attached hydrogens (primary N) is 1. The fraction of sp³-hybridized carbons (Fsp3) is 0.909. The molecule has 0 radical (unpaired) electrons. The Morgan fingerprint density at radius 2 is 2.12 bits per heavy atom. The van der Waals surface area contributed by atoms with E-state index in [1.165, 1.54) is 19.3 Å². The summed E-state index contributed by atoms with van der Waals surface area (Å²) in [6.45, 7) is 3.91. The summed E-state index contributed by atoms with van der Waals surface area (Å²) in [7, 11) is 0. The zero-order valence-corrected chi connectivity index (χ0v) is 11.7. The van der Waals surface area contributed by atoms with Crippen molar-refractivity contribution in [3.63, 3.8) is 0 Å². The highest BCUT2D eigenvalue weighted by Crippen LogP contribution is 2.28. The van der Waals surface area contributed by atoms with Crippen molar-refractivity contribution in [3.05, 3.63) is 0 Å². The van der Waals surface area contributed by atoms with E-state index in [-0.39, 0.29) is 24.4 Å². The molecule has 3 nitrogen and oxygen atoms in total. The number of rotatable bonds is 4. The van der Waals surface area contributed by atoms with E-state index in [9.17, 15) is 4.79 Å². The number of amides is 1. The second-order valence-electron chi connectivity index (χ2n) is 4.18. The molecule has 0 aliphatic heterocycles. The van der Waals surface area contributed by atoms with Gasteiger partial charge >= 0.3 is 0 Å². The van der Waals surface area contributed by atoms with Gasteiger partial charge in [-0.2, -0.15) is 11.8 Å². The van der Waals surface area contributed by atoms with Gasteiger partial charge in [-0.1, -0.05) is 19.8 Å². The first-order chi connectivity index (χ1) is 7.15. The molecule has 5 heteroatoms. The Morgan fingerprint density at radius 3 is 2.69 bits per heavy atom. The smallest absolute Gasteiger partial charge is 0.236 e. The minimum absolute atomic E-state index is 0. The molecular weight excluding hydrogens is 244 g/mol. The molecule has 3 N–H and O–H groups in total. The maximum atomic E-state index is 11.5. The van der Waals surface area contributed by atoms with Crippen molar-refractivity contribution in [2.45, 2.75) is 56.9 Å². The van der Waals surface area contributed by atoms with Crippen LogP contribution in [0.4, 0.5) is 0 Å². The van der Waals surface area contributed by atoms with Crippen LogP contribution in [0.5, 0.6) is 0 Å². The van der Waals surface area contributed by atoms with Crippen LogP contribution < -0.4 is 11.1 Å². The lowest BCUT2D eigenvalue weighted by Crippen LogP contribution is -2.49. The van der Waals surface area contributed by atoms with Crippen LogP contribution in [-0.2, 0) is 4.79 Å². The molecular formula is C11H23ClN2OS. The highest BCUT2D eigenvalue weighted by atomic mass is 35.5. The fourth-order valence-corrected chi connectivity index (χ4v) is 3.19. The van der Waals surface area contributed by atoms with Crippen molar-refractivity contribution in [1.82, 2.24) is 5.32 Å². The third-order valence-corrected chi connectivity index (χ3v) is 4.15. The lowest BCUT2D eigenvalue weighted by molar-refractivity contribution is -0.122. The molecule has 16 heavy (non-hydrogen) atoms. The molecule has 3 atom stereocenters. The van der Waals surface area contributed by atoms with Crippen LogP contribution >= 0.6 is 24.2 Å². The first-order valence-corrected chi connectivity index (χ1v) is 6.87. The third-order valence-electron chi connectivity index (χ3n) is 2.82. The van der Waals surface area contributed by atoms with E-state index in [1.54, 1.807) is 6.92 Å². The maximum absolute atomic E-state index is 11.5. The van der Waals surface area contributed by atoms with Crippen LogP contribution in [-0.4, -0.2) is 29.0 Å². The third kappa shape index (κ3) is 4.93. The van der Waals surface area contributed by atoms with E-state index in [2.05, 4.69) is 12.2 Å². The molecule has 1 amide bonds. The van der Waals surface area contributed by atoms with Crippen LogP contribution in [0.2, 0.25) is 0 Å². The number of carbonyl (C=O) groups excluding carboxylic acids is 1. The van der Waals surface area contributed by atoms with Crippen molar-refractivity contribution in [2.75, 3.05) is 5.75 Å². The minimum atomic E-state index is -0.390. The molecule has 1 saturated carbocycles. The van der Waals surface area contributed by atoms with Gasteiger partial charge in [0.1, 0.15) is 0 Å². The largest absolute Gasteiger partial charge is 0.351 e. The van der Waals surface area contributed by atoms with Gasteiger partial charge in [0.2, 0.25) is 5.91 Å². The molecule has 0 spiro atoms. The number of hydrogen-bond donors (Lipinski definition) is 2. The number of nitrogens with one attached hydrogen (secondary N) is 1. The standard InChI is InChI=1S/C11H22N2OS.ClH/c1-3-15-10-7-5-4-6-9(10)13-11(14)8(2)12;/h8-10H,3-7,12H2,1-2H3,(H,13,14);1H/t8-,9?,10?;/m0./s1. The van der Waals surface area contributed by atoms with Gasteiger partial charge in [0.15, 0.2) is 0 Å². The molecule has 96 valence electrons. The number of thioether (sulfide) groups is 1. The molecule has 1 rings (SSSR count). The summed E-state index contributed by atoms with van der Waals surface area (Å²) in [5.74, 6) is 1.11. The number of carbonyl (C=O) groups is 1. The number of hydrogen-bond acceptors (Lipinski definition) is 3. The van der Waals surface area contributed by atoms with E-state index in [0.29, 0.717) is 11.3 Å². The van der Waals surface area contributed by atoms with Gasteiger partial charge in [-0.3, -0.25) is 4.79 Å². The van der Waals surface area contributed by atoms with E-state index in [4.69, 9.17) is 5.73 Å². The molecule has 1 aliphatic rings. The number of halogens is 1. The van der Waals surface area contributed by atoms with Gasteiger partial charge < -0.3 is 11.1 Å². The summed E-state index contributed by atoms with van der Waals surface area (Å²) in [5, 5.41) is 3.66. The molecule has 0 aromatic heterocycles. The van der Waals surface area contributed by atoms with Crippen molar-refractivity contribution in [1.29, 1.82) is 0 Å². The Bertz CT molecular complexity index is 212. The highest BCUT2D eigenvalue weighted by molar-refractivity contribution is 7.99. The molecule has 0 aromatic rings. The Labute approximate surface area is 109 Å². The monoisotopic (exact) mass is 266 g/mol. The maximum Gasteiger partial charge on any atom is 0.236 e. The second kappa shape index (κ2) is 8.20. The lowest BCUT2D eigenvalue weighted by Gasteiger charge is -2.32. The van der Waals surface area contributed by atoms with Gasteiger partial charge in [-0.05, 0) is 25.5 Å². The predicted molar refractivity (Wildman–Crippen MR) is 73.2 cm³/mol. The lowest BCUT2D eigenvalue weighted by atomic mass is 9.94. The van der Waals surface area contributed by atoms with Crippen LogP contribution in [0.1, 0.15) is 39.5 Å². The van der Waals surface area contributed by atoms with Crippen LogP contribution in [0.25, 0.3) is 0 Å². The Morgan fingerprint density at radius 1 is 1.50 bits per heavy atom. The van der Waals surface area contributed by atoms with Gasteiger partial charge in [-0.15, -0.1) is 12.4 Å². The summed E-state index contributed by atoms with van der Waals surface area (Å²) in [4.78, 5) is 11.5. The molecule has 0 bridgehead atoms. The zero-order chi connectivity index (χ0) is 11.3. The van der Waals surface area contributed by atoms with Crippen LogP contribution in [0.15, 0.2) is 0 Å². The van der Waals surface area contributed by atoms with Gasteiger partial charge in [0.05, 0.1) is 6.04 Å². The summed E-state index contributed by atoms with van der Waals surface area (Å²) in [6, 6.07) is -0.0543. The zero-order valence-electron chi connectivity index (χ0n) is 10.1. The van der Waals surface area contributed by atoms with Gasteiger partial charge in [-0.25, -0.2) is 0 Å². The predicted octanol–water partition coefficient (Wildman–Crippen LogP) is 1.94. The minimum Gasteiger partial charge on any atom is -0.351 e. The Kier molecular flexibility index (Phi) is 8.24. The topological polar surface area (TPSA) is 55.1 Å². The molecule has 2 unspecified atom stereocenters. The van der Waals surface area contributed by atoms with E-state index >= 15 is 0 Å². The first-order valence-electron chi connectivity index (χ1n) is 5.82. The van der Waals surface area contributed by atoms with Crippen molar-refractivity contribution < 1.29 is 4.79 Å². The van der Waals surface area contributed by atoms with E-state index in [0.717, 1.165) is 12.2 Å². The summed E-state index contributed by atoms with van der Waals surface area (Å²) in [6.07, 6.45) is 4.85. The van der Waals surface area contributed by atoms with Gasteiger partial charge in [0, 0.05) is 11.3 Å². The summed E-state index contributed by atoms with van der Waals surface area (Å²) in [5.41, 5.74) is 5.55. The van der Waals surface area contributed by atoms with Crippen molar-refractivity contribution >= 4 is 30.1 Å². The molecule has 0 heterocycles. The average Bonchev–Trinajstić information content (AvgIpc) is 2.21. The average molecular weight is 267 g/mol. The molecule has 0 saturated heterocycles. The Balaban J connectivity index is 0.00000225. The van der Waals surface area contributed by atoms with E-state index < -0.39 is 0 Å². The SMILES string of the molecule is CCSC1CCCCC1NC(=O)[C@H](C)N.Cl. The van der Waals surface area contributed by atoms with E-state index in [1.807, 2.05) is 11.8 Å². The van der Waals surface area contributed by atoms with Gasteiger partial charge in [0.25, 0.3) is 0 Å². The highest BCUT2D eigenvalue weighted by Gasteiger charge is 2.26. The molecule has 0 aromatic carbocycles. The summed E-state index contributed by atoms with van der Waals surface area (Å²) >= 11 is 1.96.